The maximum absolute atomic E-state index is 10.9. The molecule has 12 heavy (non-hydrogen) atoms. The summed E-state index contributed by atoms with van der Waals surface area (Å²) in [5.41, 5.74) is 0.573. The summed E-state index contributed by atoms with van der Waals surface area (Å²) in [7, 11) is 0. The van der Waals surface area contributed by atoms with Gasteiger partial charge >= 0.3 is 5.97 Å². The summed E-state index contributed by atoms with van der Waals surface area (Å²) in [5, 5.41) is 3.56. The number of nitrogens with zero attached hydrogens (tertiary/aromatic N) is 1. The molecule has 0 N–H and O–H groups in total. The topological polar surface area (TPSA) is 52.3 Å². The number of carbonyl (C=O) groups is 1. The third-order valence-corrected chi connectivity index (χ3v) is 1.18. The van der Waals surface area contributed by atoms with Crippen molar-refractivity contribution in [2.24, 2.45) is 0 Å². The monoisotopic (exact) mass is 167 g/mol. The third-order valence-electron chi connectivity index (χ3n) is 1.18. The highest BCUT2D eigenvalue weighted by Gasteiger charge is 2.05. The van der Waals surface area contributed by atoms with Gasteiger partial charge in [0.05, 0.1) is 12.1 Å². The number of hydrogen-bond donors (Lipinski definition) is 0. The van der Waals surface area contributed by atoms with Crippen LogP contribution in [0.25, 0.3) is 0 Å². The smallest absolute Gasteiger partial charge is 0.312 e. The fourth-order valence-electron chi connectivity index (χ4n) is 0.680. The zero-order valence-corrected chi connectivity index (χ0v) is 6.53. The van der Waals surface area contributed by atoms with Gasteiger partial charge < -0.3 is 9.26 Å². The van der Waals surface area contributed by atoms with Crippen molar-refractivity contribution >= 4 is 5.97 Å². The average molecular weight is 167 g/mol. The Morgan fingerprint density at radius 3 is 3.25 bits per heavy atom. The molecule has 4 nitrogen and oxygen atoms in total. The number of hydrogen-bond acceptors (Lipinski definition) is 4. The van der Waals surface area contributed by atoms with E-state index in [4.69, 9.17) is 4.74 Å². The lowest BCUT2D eigenvalue weighted by atomic mass is 10.3. The van der Waals surface area contributed by atoms with Crippen LogP contribution in [0.15, 0.2) is 29.5 Å². The molecule has 0 aliphatic carbocycles. The van der Waals surface area contributed by atoms with Crippen LogP contribution in [0.1, 0.15) is 5.69 Å². The molecule has 4 heteroatoms. The van der Waals surface area contributed by atoms with Crippen LogP contribution in [0, 0.1) is 0 Å². The van der Waals surface area contributed by atoms with Crippen LogP contribution in [0.2, 0.25) is 0 Å². The van der Waals surface area contributed by atoms with Gasteiger partial charge in [-0.25, -0.2) is 0 Å². The normalized spacial score (nSPS) is 9.33. The number of carbonyl (C=O) groups excluding carboxylic acids is 1. The summed E-state index contributed by atoms with van der Waals surface area (Å²) in [6.07, 6.45) is 3.07. The van der Waals surface area contributed by atoms with Gasteiger partial charge in [-0.2, -0.15) is 0 Å². The molecule has 0 fully saturated rings. The summed E-state index contributed by atoms with van der Waals surface area (Å²) in [6, 6.07) is 1.62. The van der Waals surface area contributed by atoms with Crippen LogP contribution in [0.3, 0.4) is 0 Å². The van der Waals surface area contributed by atoms with Crippen LogP contribution in [-0.4, -0.2) is 17.7 Å². The minimum atomic E-state index is -0.330. The van der Waals surface area contributed by atoms with E-state index < -0.39 is 0 Å². The second-order valence-electron chi connectivity index (χ2n) is 2.14. The van der Waals surface area contributed by atoms with Crippen LogP contribution in [-0.2, 0) is 16.0 Å². The third kappa shape index (κ3) is 2.57. The van der Waals surface area contributed by atoms with Crippen molar-refractivity contribution in [1.29, 1.82) is 0 Å². The molecule has 0 bridgehead atoms. The molecule has 0 amide bonds. The molecule has 0 radical (unpaired) electrons. The van der Waals surface area contributed by atoms with E-state index in [2.05, 4.69) is 16.3 Å². The molecule has 0 saturated carbocycles. The predicted molar refractivity (Wildman–Crippen MR) is 41.4 cm³/mol. The molecule has 0 atom stereocenters. The first-order chi connectivity index (χ1) is 5.83. The molecule has 1 rings (SSSR count). The molecule has 1 aromatic rings. The SMILES string of the molecule is C=CCOC(=O)Cc1ccon1. The second kappa shape index (κ2) is 4.33. The Bertz CT molecular complexity index is 253. The zero-order chi connectivity index (χ0) is 8.81. The van der Waals surface area contributed by atoms with E-state index in [0.717, 1.165) is 0 Å². The summed E-state index contributed by atoms with van der Waals surface area (Å²) in [4.78, 5) is 10.9. The van der Waals surface area contributed by atoms with Crippen molar-refractivity contribution in [2.75, 3.05) is 6.61 Å². The quantitative estimate of drug-likeness (QED) is 0.494. The molecule has 0 spiro atoms. The molecule has 0 aliphatic rings. The highest BCUT2D eigenvalue weighted by Crippen LogP contribution is 1.96. The maximum atomic E-state index is 10.9. The molecular formula is C8H9NO3. The molecular weight excluding hydrogens is 158 g/mol. The lowest BCUT2D eigenvalue weighted by Gasteiger charge is -1.97. The van der Waals surface area contributed by atoms with Gasteiger partial charge in [-0.3, -0.25) is 4.79 Å². The number of esters is 1. The first kappa shape index (κ1) is 8.52. The van der Waals surface area contributed by atoms with Crippen molar-refractivity contribution in [2.45, 2.75) is 6.42 Å². The molecule has 1 aromatic heterocycles. The average Bonchev–Trinajstić information content (AvgIpc) is 2.53. The Morgan fingerprint density at radius 1 is 1.83 bits per heavy atom. The highest BCUT2D eigenvalue weighted by molar-refractivity contribution is 5.71. The van der Waals surface area contributed by atoms with Gasteiger partial charge in [-0.1, -0.05) is 17.8 Å². The Kier molecular flexibility index (Phi) is 3.07. The van der Waals surface area contributed by atoms with E-state index in [1.165, 1.54) is 12.3 Å². The van der Waals surface area contributed by atoms with Gasteiger partial charge in [0, 0.05) is 6.07 Å². The molecule has 0 aliphatic heterocycles. The van der Waals surface area contributed by atoms with Gasteiger partial charge in [0.15, 0.2) is 0 Å². The second-order valence-corrected chi connectivity index (χ2v) is 2.14. The lowest BCUT2D eigenvalue weighted by molar-refractivity contribution is -0.141. The summed E-state index contributed by atoms with van der Waals surface area (Å²) < 4.78 is 9.27. The Hall–Kier alpha value is -1.58. The predicted octanol–water partition coefficient (Wildman–Crippen LogP) is 0.946. The zero-order valence-electron chi connectivity index (χ0n) is 6.53. The summed E-state index contributed by atoms with van der Waals surface area (Å²) in [6.45, 7) is 3.65. The minimum Gasteiger partial charge on any atom is -0.461 e. The van der Waals surface area contributed by atoms with Crippen molar-refractivity contribution in [3.8, 4) is 0 Å². The van der Waals surface area contributed by atoms with Crippen molar-refractivity contribution in [3.05, 3.63) is 30.7 Å². The largest absolute Gasteiger partial charge is 0.461 e. The van der Waals surface area contributed by atoms with Crippen molar-refractivity contribution in [3.63, 3.8) is 0 Å². The van der Waals surface area contributed by atoms with Gasteiger partial charge in [-0.15, -0.1) is 0 Å². The van der Waals surface area contributed by atoms with Crippen LogP contribution in [0.4, 0.5) is 0 Å². The van der Waals surface area contributed by atoms with Gasteiger partial charge in [0.25, 0.3) is 0 Å². The van der Waals surface area contributed by atoms with E-state index in [1.54, 1.807) is 6.07 Å². The number of aromatic nitrogens is 1. The van der Waals surface area contributed by atoms with Crippen LogP contribution in [0.5, 0.6) is 0 Å². The minimum absolute atomic E-state index is 0.143. The standard InChI is InChI=1S/C8H9NO3/c1-2-4-11-8(10)6-7-3-5-12-9-7/h2-3,5H,1,4,6H2. The molecule has 64 valence electrons. The van der Waals surface area contributed by atoms with E-state index in [1.807, 2.05) is 0 Å². The Balaban J connectivity index is 2.32. The number of rotatable bonds is 4. The molecule has 1 heterocycles. The van der Waals surface area contributed by atoms with Gasteiger partial charge in [0.1, 0.15) is 12.9 Å². The Labute approximate surface area is 69.8 Å². The van der Waals surface area contributed by atoms with Gasteiger partial charge in [0.2, 0.25) is 0 Å². The molecule has 0 aromatic carbocycles. The number of ether oxygens (including phenoxy) is 1. The van der Waals surface area contributed by atoms with Crippen LogP contribution < -0.4 is 0 Å². The fourth-order valence-corrected chi connectivity index (χ4v) is 0.680. The van der Waals surface area contributed by atoms with Crippen molar-refractivity contribution < 1.29 is 14.1 Å². The Morgan fingerprint density at radius 2 is 2.67 bits per heavy atom. The fraction of sp³-hybridized carbons (Fsp3) is 0.250. The molecule has 0 saturated heterocycles. The van der Waals surface area contributed by atoms with Crippen molar-refractivity contribution in [1.82, 2.24) is 5.16 Å². The van der Waals surface area contributed by atoms with E-state index >= 15 is 0 Å². The summed E-state index contributed by atoms with van der Waals surface area (Å²) >= 11 is 0. The van der Waals surface area contributed by atoms with E-state index in [9.17, 15) is 4.79 Å². The van der Waals surface area contributed by atoms with Gasteiger partial charge in [-0.05, 0) is 0 Å². The molecule has 0 unspecified atom stereocenters. The highest BCUT2D eigenvalue weighted by atomic mass is 16.5. The first-order valence-corrected chi connectivity index (χ1v) is 3.48. The summed E-state index contributed by atoms with van der Waals surface area (Å²) in [5.74, 6) is -0.330. The first-order valence-electron chi connectivity index (χ1n) is 3.48. The maximum Gasteiger partial charge on any atom is 0.312 e. The van der Waals surface area contributed by atoms with Crippen LogP contribution >= 0.6 is 0 Å². The van der Waals surface area contributed by atoms with E-state index in [0.29, 0.717) is 5.69 Å². The van der Waals surface area contributed by atoms with E-state index in [-0.39, 0.29) is 19.0 Å². The lowest BCUT2D eigenvalue weighted by Crippen LogP contribution is -2.07.